The van der Waals surface area contributed by atoms with E-state index in [2.05, 4.69) is 0 Å². The second-order valence-corrected chi connectivity index (χ2v) is 5.06. The Morgan fingerprint density at radius 1 is 1.14 bits per heavy atom. The Labute approximate surface area is 128 Å². The van der Waals surface area contributed by atoms with E-state index in [1.165, 1.54) is 21.3 Å². The minimum absolute atomic E-state index is 0.383. The highest BCUT2D eigenvalue weighted by Crippen LogP contribution is 2.50. The Kier molecular flexibility index (Phi) is 4.27. The zero-order valence-corrected chi connectivity index (χ0v) is 13.2. The van der Waals surface area contributed by atoms with Crippen molar-refractivity contribution < 1.29 is 28.5 Å². The third kappa shape index (κ3) is 2.09. The summed E-state index contributed by atoms with van der Waals surface area (Å²) in [4.78, 5) is 26.5. The zero-order chi connectivity index (χ0) is 16.5. The molecule has 0 fully saturated rings. The maximum atomic E-state index is 12.4. The summed E-state index contributed by atoms with van der Waals surface area (Å²) in [6.07, 6.45) is 0. The van der Waals surface area contributed by atoms with Crippen LogP contribution in [0.15, 0.2) is 18.2 Å². The van der Waals surface area contributed by atoms with Crippen molar-refractivity contribution in [2.75, 3.05) is 35.4 Å². The van der Waals surface area contributed by atoms with Gasteiger partial charge in [-0.3, -0.25) is 4.90 Å². The first-order valence-electron chi connectivity index (χ1n) is 6.63. The van der Waals surface area contributed by atoms with E-state index in [1.54, 1.807) is 37.2 Å². The second-order valence-electron chi connectivity index (χ2n) is 5.06. The lowest BCUT2D eigenvalue weighted by molar-refractivity contribution is -0.180. The molecule has 1 aromatic carbocycles. The number of ether oxygens (including phenoxy) is 4. The maximum absolute atomic E-state index is 12.4. The molecule has 7 heteroatoms. The summed E-state index contributed by atoms with van der Waals surface area (Å²) >= 11 is 0. The van der Waals surface area contributed by atoms with Gasteiger partial charge in [0.25, 0.3) is 0 Å². The number of hydrogen-bond acceptors (Lipinski definition) is 7. The molecule has 22 heavy (non-hydrogen) atoms. The molecule has 2 rings (SSSR count). The summed E-state index contributed by atoms with van der Waals surface area (Å²) in [5, 5.41) is 0. The minimum Gasteiger partial charge on any atom is -0.496 e. The van der Waals surface area contributed by atoms with Crippen molar-refractivity contribution in [1.29, 1.82) is 0 Å². The van der Waals surface area contributed by atoms with E-state index in [-0.39, 0.29) is 0 Å². The molecule has 1 aliphatic heterocycles. The first-order chi connectivity index (χ1) is 10.4. The molecule has 0 saturated carbocycles. The van der Waals surface area contributed by atoms with E-state index in [0.29, 0.717) is 17.1 Å². The highest BCUT2D eigenvalue weighted by Gasteiger charge is 2.64. The van der Waals surface area contributed by atoms with Gasteiger partial charge in [0.2, 0.25) is 0 Å². The third-order valence-electron chi connectivity index (χ3n) is 3.67. The summed E-state index contributed by atoms with van der Waals surface area (Å²) in [5.74, 6) is -0.743. The first-order valence-corrected chi connectivity index (χ1v) is 6.63. The molecule has 120 valence electrons. The van der Waals surface area contributed by atoms with Gasteiger partial charge in [-0.25, -0.2) is 9.59 Å². The van der Waals surface area contributed by atoms with Crippen LogP contribution in [-0.2, 0) is 19.1 Å². The number of esters is 2. The molecule has 0 N–H and O–H groups in total. The van der Waals surface area contributed by atoms with Gasteiger partial charge in [0, 0.05) is 0 Å². The van der Waals surface area contributed by atoms with Crippen molar-refractivity contribution in [2.45, 2.75) is 11.6 Å². The van der Waals surface area contributed by atoms with Crippen LogP contribution >= 0.6 is 0 Å². The lowest BCUT2D eigenvalue weighted by Crippen LogP contribution is -2.57. The molecule has 0 aromatic heterocycles. The van der Waals surface area contributed by atoms with Crippen LogP contribution in [0.2, 0.25) is 0 Å². The summed E-state index contributed by atoms with van der Waals surface area (Å²) in [7, 11) is 7.37. The summed E-state index contributed by atoms with van der Waals surface area (Å²) < 4.78 is 20.7. The van der Waals surface area contributed by atoms with Crippen LogP contribution in [-0.4, -0.2) is 57.9 Å². The average molecular weight is 309 g/mol. The number of methoxy groups -OCH3 is 3. The van der Waals surface area contributed by atoms with Crippen LogP contribution in [0.4, 0.5) is 0 Å². The van der Waals surface area contributed by atoms with Crippen molar-refractivity contribution in [1.82, 2.24) is 4.90 Å². The standard InChI is InChI=1S/C15H19NO6/c1-16(2)12-11-9(19-3)7-6-8-10(11)22-15(12,13(17)20-4)14(18)21-5/h6-8,12H,1-5H3. The van der Waals surface area contributed by atoms with Gasteiger partial charge in [-0.05, 0) is 26.2 Å². The van der Waals surface area contributed by atoms with Gasteiger partial charge in [0.05, 0.1) is 26.9 Å². The fraction of sp³-hybridized carbons (Fsp3) is 0.467. The first kappa shape index (κ1) is 16.1. The minimum atomic E-state index is -1.93. The van der Waals surface area contributed by atoms with Gasteiger partial charge >= 0.3 is 17.5 Å². The maximum Gasteiger partial charge on any atom is 0.364 e. The molecule has 0 spiro atoms. The van der Waals surface area contributed by atoms with E-state index < -0.39 is 23.6 Å². The van der Waals surface area contributed by atoms with Crippen LogP contribution in [0.1, 0.15) is 11.6 Å². The van der Waals surface area contributed by atoms with Crippen LogP contribution in [0.5, 0.6) is 11.5 Å². The van der Waals surface area contributed by atoms with Crippen LogP contribution < -0.4 is 9.47 Å². The monoisotopic (exact) mass is 309 g/mol. The number of nitrogens with zero attached hydrogens (tertiary/aromatic N) is 1. The predicted molar refractivity (Wildman–Crippen MR) is 76.8 cm³/mol. The van der Waals surface area contributed by atoms with Crippen molar-refractivity contribution in [3.8, 4) is 11.5 Å². The average Bonchev–Trinajstić information content (AvgIpc) is 2.89. The smallest absolute Gasteiger partial charge is 0.364 e. The molecule has 0 radical (unpaired) electrons. The lowest BCUT2D eigenvalue weighted by atomic mass is 9.89. The van der Waals surface area contributed by atoms with E-state index in [4.69, 9.17) is 18.9 Å². The molecule has 0 bridgehead atoms. The topological polar surface area (TPSA) is 74.3 Å². The highest BCUT2D eigenvalue weighted by molar-refractivity contribution is 6.06. The molecule has 0 amide bonds. The Hall–Kier alpha value is -2.28. The largest absolute Gasteiger partial charge is 0.496 e. The molecule has 7 nitrogen and oxygen atoms in total. The zero-order valence-electron chi connectivity index (χ0n) is 13.2. The number of carbonyl (C=O) groups is 2. The van der Waals surface area contributed by atoms with E-state index >= 15 is 0 Å². The normalized spacial score (nSPS) is 18.4. The fourth-order valence-electron chi connectivity index (χ4n) is 2.81. The van der Waals surface area contributed by atoms with Crippen LogP contribution in [0.25, 0.3) is 0 Å². The SMILES string of the molecule is COC(=O)C1(C(=O)OC)Oc2cccc(OC)c2C1N(C)C. The predicted octanol–water partition coefficient (Wildman–Crippen LogP) is 0.775. The summed E-state index contributed by atoms with van der Waals surface area (Å²) in [6.45, 7) is 0. The molecule has 1 aromatic rings. The van der Waals surface area contributed by atoms with Gasteiger partial charge in [0.1, 0.15) is 17.5 Å². The van der Waals surface area contributed by atoms with Crippen LogP contribution in [0.3, 0.4) is 0 Å². The molecular weight excluding hydrogens is 290 g/mol. The molecule has 1 heterocycles. The second kappa shape index (κ2) is 5.84. The van der Waals surface area contributed by atoms with E-state index in [9.17, 15) is 9.59 Å². The molecule has 0 aliphatic carbocycles. The molecule has 1 atom stereocenters. The molecule has 1 unspecified atom stereocenters. The summed E-state index contributed by atoms with van der Waals surface area (Å²) in [5.41, 5.74) is -1.32. The quantitative estimate of drug-likeness (QED) is 0.601. The highest BCUT2D eigenvalue weighted by atomic mass is 16.6. The number of rotatable bonds is 4. The van der Waals surface area contributed by atoms with Crippen LogP contribution in [0, 0.1) is 0 Å². The van der Waals surface area contributed by atoms with E-state index in [0.717, 1.165) is 0 Å². The van der Waals surface area contributed by atoms with Gasteiger partial charge in [-0.1, -0.05) is 6.07 Å². The van der Waals surface area contributed by atoms with Crippen molar-refractivity contribution in [3.05, 3.63) is 23.8 Å². The van der Waals surface area contributed by atoms with Gasteiger partial charge in [-0.2, -0.15) is 0 Å². The van der Waals surface area contributed by atoms with Gasteiger partial charge in [-0.15, -0.1) is 0 Å². The Morgan fingerprint density at radius 2 is 1.73 bits per heavy atom. The van der Waals surface area contributed by atoms with Crippen molar-refractivity contribution >= 4 is 11.9 Å². The lowest BCUT2D eigenvalue weighted by Gasteiger charge is -2.32. The molecule has 1 aliphatic rings. The van der Waals surface area contributed by atoms with E-state index in [1.807, 2.05) is 0 Å². The Morgan fingerprint density at radius 3 is 2.18 bits per heavy atom. The third-order valence-corrected chi connectivity index (χ3v) is 3.67. The fourth-order valence-corrected chi connectivity index (χ4v) is 2.81. The Balaban J connectivity index is 2.72. The summed E-state index contributed by atoms with van der Waals surface area (Å²) in [6, 6.07) is 4.39. The Bertz CT molecular complexity index is 582. The number of hydrogen-bond donors (Lipinski definition) is 0. The van der Waals surface area contributed by atoms with Gasteiger partial charge < -0.3 is 18.9 Å². The van der Waals surface area contributed by atoms with Gasteiger partial charge in [0.15, 0.2) is 0 Å². The number of likely N-dealkylation sites (N-methyl/N-ethyl adjacent to an activating group) is 1. The number of fused-ring (bicyclic) bond motifs is 1. The van der Waals surface area contributed by atoms with Crippen molar-refractivity contribution in [2.24, 2.45) is 0 Å². The molecule has 0 saturated heterocycles. The van der Waals surface area contributed by atoms with Crippen molar-refractivity contribution in [3.63, 3.8) is 0 Å². The molecular formula is C15H19NO6. The number of benzene rings is 1. The number of carbonyl (C=O) groups excluding carboxylic acids is 2.